The van der Waals surface area contributed by atoms with E-state index in [9.17, 15) is 14.0 Å². The zero-order valence-corrected chi connectivity index (χ0v) is 12.1. The number of nitrogens with one attached hydrogen (secondary N) is 1. The van der Waals surface area contributed by atoms with Gasteiger partial charge in [-0.1, -0.05) is 30.0 Å². The number of halogens is 1. The molecule has 0 spiro atoms. The Morgan fingerprint density at radius 2 is 2.25 bits per heavy atom. The highest BCUT2D eigenvalue weighted by Crippen LogP contribution is 2.18. The normalized spacial score (nSPS) is 16.3. The van der Waals surface area contributed by atoms with Gasteiger partial charge in [0.15, 0.2) is 0 Å². The van der Waals surface area contributed by atoms with Crippen molar-refractivity contribution in [2.75, 3.05) is 18.8 Å². The second kappa shape index (κ2) is 6.74. The van der Waals surface area contributed by atoms with Crippen molar-refractivity contribution in [3.05, 3.63) is 35.6 Å². The van der Waals surface area contributed by atoms with Crippen LogP contribution in [0.4, 0.5) is 9.18 Å². The standard InChI is InChI=1S/C14H17FN2O2S/c1-10(11-4-2-3-5-12(11)15)16-13(18)6-7-17-8-9-20-14(17)19/h2-5,10H,6-9H2,1H3,(H,16,18)/t10-/m0/s1. The van der Waals surface area contributed by atoms with Crippen molar-refractivity contribution in [3.8, 4) is 0 Å². The lowest BCUT2D eigenvalue weighted by atomic mass is 10.1. The van der Waals surface area contributed by atoms with E-state index in [1.54, 1.807) is 30.0 Å². The van der Waals surface area contributed by atoms with Crippen LogP contribution in [0.25, 0.3) is 0 Å². The van der Waals surface area contributed by atoms with E-state index in [2.05, 4.69) is 5.32 Å². The van der Waals surface area contributed by atoms with Gasteiger partial charge in [0, 0.05) is 30.8 Å². The molecule has 0 radical (unpaired) electrons. The summed E-state index contributed by atoms with van der Waals surface area (Å²) >= 11 is 1.28. The zero-order chi connectivity index (χ0) is 14.5. The average Bonchev–Trinajstić information content (AvgIpc) is 2.82. The number of rotatable bonds is 5. The highest BCUT2D eigenvalue weighted by Gasteiger charge is 2.21. The summed E-state index contributed by atoms with van der Waals surface area (Å²) in [5.41, 5.74) is 0.466. The fraction of sp³-hybridized carbons (Fsp3) is 0.429. The van der Waals surface area contributed by atoms with Gasteiger partial charge in [-0.3, -0.25) is 9.59 Å². The van der Waals surface area contributed by atoms with Crippen molar-refractivity contribution in [1.82, 2.24) is 10.2 Å². The van der Waals surface area contributed by atoms with Gasteiger partial charge in [-0.05, 0) is 13.0 Å². The first kappa shape index (κ1) is 14.8. The van der Waals surface area contributed by atoms with Crippen molar-refractivity contribution in [3.63, 3.8) is 0 Å². The Hall–Kier alpha value is -1.56. The lowest BCUT2D eigenvalue weighted by Gasteiger charge is -2.17. The highest BCUT2D eigenvalue weighted by atomic mass is 32.2. The molecule has 0 aliphatic carbocycles. The maximum absolute atomic E-state index is 13.6. The third kappa shape index (κ3) is 3.72. The van der Waals surface area contributed by atoms with Crippen LogP contribution in [0.5, 0.6) is 0 Å². The van der Waals surface area contributed by atoms with Crippen molar-refractivity contribution < 1.29 is 14.0 Å². The molecule has 4 nitrogen and oxygen atoms in total. The molecule has 1 fully saturated rings. The van der Waals surface area contributed by atoms with E-state index in [1.165, 1.54) is 17.8 Å². The summed E-state index contributed by atoms with van der Waals surface area (Å²) in [7, 11) is 0. The van der Waals surface area contributed by atoms with E-state index < -0.39 is 0 Å². The molecule has 1 aliphatic heterocycles. The fourth-order valence-corrected chi connectivity index (χ4v) is 2.93. The Morgan fingerprint density at radius 1 is 1.50 bits per heavy atom. The van der Waals surface area contributed by atoms with Crippen LogP contribution < -0.4 is 5.32 Å². The van der Waals surface area contributed by atoms with Crippen LogP contribution in [0.2, 0.25) is 0 Å². The van der Waals surface area contributed by atoms with Crippen LogP contribution in [-0.4, -0.2) is 34.9 Å². The van der Waals surface area contributed by atoms with Crippen LogP contribution in [0.1, 0.15) is 24.9 Å². The molecule has 0 bridgehead atoms. The minimum absolute atomic E-state index is 0.0277. The third-order valence-electron chi connectivity index (χ3n) is 3.20. The maximum Gasteiger partial charge on any atom is 0.281 e. The SMILES string of the molecule is C[C@H](NC(=O)CCN1CCSC1=O)c1ccccc1F. The Labute approximate surface area is 121 Å². The third-order valence-corrected chi connectivity index (χ3v) is 4.09. The van der Waals surface area contributed by atoms with Crippen molar-refractivity contribution >= 4 is 22.9 Å². The molecule has 1 heterocycles. The quantitative estimate of drug-likeness (QED) is 0.908. The van der Waals surface area contributed by atoms with Crippen LogP contribution in [0.15, 0.2) is 24.3 Å². The molecule has 0 aromatic heterocycles. The molecule has 0 saturated carbocycles. The minimum Gasteiger partial charge on any atom is -0.349 e. The molecule has 1 atom stereocenters. The van der Waals surface area contributed by atoms with Crippen molar-refractivity contribution in [2.24, 2.45) is 0 Å². The molecule has 2 rings (SSSR count). The van der Waals surface area contributed by atoms with Crippen LogP contribution in [-0.2, 0) is 4.79 Å². The second-order valence-electron chi connectivity index (χ2n) is 4.66. The molecular formula is C14H17FN2O2S. The summed E-state index contributed by atoms with van der Waals surface area (Å²) in [5.74, 6) is 0.281. The van der Waals surface area contributed by atoms with Crippen LogP contribution in [0, 0.1) is 5.82 Å². The minimum atomic E-state index is -0.382. The number of thioether (sulfide) groups is 1. The van der Waals surface area contributed by atoms with Gasteiger partial charge in [0.1, 0.15) is 5.82 Å². The van der Waals surface area contributed by atoms with Gasteiger partial charge in [-0.25, -0.2) is 4.39 Å². The molecule has 0 unspecified atom stereocenters. The van der Waals surface area contributed by atoms with Gasteiger partial charge in [0.05, 0.1) is 6.04 Å². The van der Waals surface area contributed by atoms with E-state index in [1.807, 2.05) is 0 Å². The van der Waals surface area contributed by atoms with Gasteiger partial charge < -0.3 is 10.2 Å². The largest absolute Gasteiger partial charge is 0.349 e. The molecule has 1 aromatic carbocycles. The number of amides is 2. The summed E-state index contributed by atoms with van der Waals surface area (Å²) in [5, 5.41) is 2.78. The summed E-state index contributed by atoms with van der Waals surface area (Å²) in [6, 6.07) is 6.00. The molecule has 1 saturated heterocycles. The lowest BCUT2D eigenvalue weighted by Crippen LogP contribution is -2.32. The fourth-order valence-electron chi connectivity index (χ4n) is 2.08. The Morgan fingerprint density at radius 3 is 2.90 bits per heavy atom. The average molecular weight is 296 g/mol. The van der Waals surface area contributed by atoms with Crippen molar-refractivity contribution in [2.45, 2.75) is 19.4 Å². The monoisotopic (exact) mass is 296 g/mol. The van der Waals surface area contributed by atoms with Crippen LogP contribution >= 0.6 is 11.8 Å². The zero-order valence-electron chi connectivity index (χ0n) is 11.3. The first-order chi connectivity index (χ1) is 9.58. The number of hydrogen-bond donors (Lipinski definition) is 1. The maximum atomic E-state index is 13.6. The van der Waals surface area contributed by atoms with E-state index in [4.69, 9.17) is 0 Å². The van der Waals surface area contributed by atoms with Crippen molar-refractivity contribution in [1.29, 1.82) is 0 Å². The molecule has 1 aromatic rings. The number of nitrogens with zero attached hydrogens (tertiary/aromatic N) is 1. The van der Waals surface area contributed by atoms with E-state index >= 15 is 0 Å². The molecule has 1 N–H and O–H groups in total. The number of benzene rings is 1. The molecule has 1 aliphatic rings. The molecular weight excluding hydrogens is 279 g/mol. The Bertz CT molecular complexity index is 510. The predicted octanol–water partition coefficient (Wildman–Crippen LogP) is 2.56. The molecule has 6 heteroatoms. The second-order valence-corrected chi connectivity index (χ2v) is 5.71. The van der Waals surface area contributed by atoms with E-state index in [0.717, 1.165) is 5.75 Å². The van der Waals surface area contributed by atoms with E-state index in [-0.39, 0.29) is 29.4 Å². The topological polar surface area (TPSA) is 49.4 Å². The predicted molar refractivity (Wildman–Crippen MR) is 77.0 cm³/mol. The number of hydrogen-bond acceptors (Lipinski definition) is 3. The first-order valence-corrected chi connectivity index (χ1v) is 7.52. The highest BCUT2D eigenvalue weighted by molar-refractivity contribution is 8.13. The molecule has 20 heavy (non-hydrogen) atoms. The summed E-state index contributed by atoms with van der Waals surface area (Å²) < 4.78 is 13.6. The van der Waals surface area contributed by atoms with E-state index in [0.29, 0.717) is 18.7 Å². The number of carbonyl (C=O) groups is 2. The van der Waals surface area contributed by atoms with Gasteiger partial charge in [0.25, 0.3) is 5.24 Å². The summed E-state index contributed by atoms with van der Waals surface area (Å²) in [4.78, 5) is 24.9. The van der Waals surface area contributed by atoms with Gasteiger partial charge in [-0.15, -0.1) is 0 Å². The smallest absolute Gasteiger partial charge is 0.281 e. The van der Waals surface area contributed by atoms with Gasteiger partial charge in [0.2, 0.25) is 5.91 Å². The van der Waals surface area contributed by atoms with Crippen LogP contribution in [0.3, 0.4) is 0 Å². The summed E-state index contributed by atoms with van der Waals surface area (Å²) in [6.07, 6.45) is 0.241. The Balaban J connectivity index is 1.82. The van der Waals surface area contributed by atoms with Gasteiger partial charge in [-0.2, -0.15) is 0 Å². The number of carbonyl (C=O) groups excluding carboxylic acids is 2. The first-order valence-electron chi connectivity index (χ1n) is 6.53. The molecule has 2 amide bonds. The summed E-state index contributed by atoms with van der Waals surface area (Å²) in [6.45, 7) is 2.86. The lowest BCUT2D eigenvalue weighted by molar-refractivity contribution is -0.121. The molecule has 108 valence electrons. The Kier molecular flexibility index (Phi) is 5.00. The van der Waals surface area contributed by atoms with Gasteiger partial charge >= 0.3 is 0 Å².